The van der Waals surface area contributed by atoms with Crippen molar-refractivity contribution in [2.24, 2.45) is 0 Å². The van der Waals surface area contributed by atoms with E-state index in [0.29, 0.717) is 6.21 Å². The van der Waals surface area contributed by atoms with Gasteiger partial charge in [-0.05, 0) is 36.6 Å². The quantitative estimate of drug-likeness (QED) is 0.249. The number of carbonyl (C=O) groups excluding carboxylic acids is 4. The van der Waals surface area contributed by atoms with Crippen LogP contribution in [0.4, 0.5) is 0 Å². The molecule has 0 fully saturated rings. The second-order valence-corrected chi connectivity index (χ2v) is 8.73. The lowest BCUT2D eigenvalue weighted by Crippen LogP contribution is -2.54. The standard InChI is InChI=1S/C27H31N5O4/c1-17-8-10-23-22(12-17)20(16-29-23)13-25(31-18(2)33)27(36)32-24(11-9-21(34)14-28)26(35)30-15-19-6-4-3-5-7-19/h3-8,10,12,14,16,24-25,28-29H,9,11,13,15H2,1-2H3,(H,30,35)(H,31,33)(H,32,36)/t24-,25-/m0/s1. The highest BCUT2D eigenvalue weighted by molar-refractivity contribution is 6.26. The van der Waals surface area contributed by atoms with Crippen LogP contribution in [0, 0.1) is 12.3 Å². The maximum absolute atomic E-state index is 13.3. The van der Waals surface area contributed by atoms with Crippen LogP contribution in [0.15, 0.2) is 54.7 Å². The fraction of sp³-hybridized carbons (Fsp3) is 0.296. The largest absolute Gasteiger partial charge is 0.361 e. The summed E-state index contributed by atoms with van der Waals surface area (Å²) in [6, 6.07) is 13.3. The fourth-order valence-electron chi connectivity index (χ4n) is 3.94. The Balaban J connectivity index is 1.76. The minimum absolute atomic E-state index is 0.0274. The average Bonchev–Trinajstić information content (AvgIpc) is 3.26. The molecule has 0 aliphatic heterocycles. The highest BCUT2D eigenvalue weighted by atomic mass is 16.2. The SMILES string of the molecule is CC(=O)N[C@@H](Cc1c[nH]c2ccc(C)cc12)C(=O)N[C@@H](CCC(=O)C=N)C(=O)NCc1ccccc1. The van der Waals surface area contributed by atoms with Gasteiger partial charge in [0, 0.05) is 43.4 Å². The molecule has 36 heavy (non-hydrogen) atoms. The highest BCUT2D eigenvalue weighted by Gasteiger charge is 2.27. The summed E-state index contributed by atoms with van der Waals surface area (Å²) in [6.07, 6.45) is 2.67. The number of H-pyrrole nitrogens is 1. The van der Waals surface area contributed by atoms with Gasteiger partial charge in [-0.2, -0.15) is 0 Å². The number of aromatic nitrogens is 1. The Kier molecular flexibility index (Phi) is 9.10. The molecule has 0 saturated heterocycles. The third-order valence-corrected chi connectivity index (χ3v) is 5.82. The van der Waals surface area contributed by atoms with Gasteiger partial charge in [-0.1, -0.05) is 42.0 Å². The van der Waals surface area contributed by atoms with Crippen LogP contribution < -0.4 is 16.0 Å². The monoisotopic (exact) mass is 489 g/mol. The molecule has 2 aromatic carbocycles. The van der Waals surface area contributed by atoms with Crippen LogP contribution in [-0.4, -0.2) is 46.8 Å². The van der Waals surface area contributed by atoms with E-state index in [1.54, 1.807) is 6.20 Å². The number of hydrogen-bond donors (Lipinski definition) is 5. The molecule has 1 heterocycles. The Hall–Kier alpha value is -4.27. The molecule has 0 radical (unpaired) electrons. The van der Waals surface area contributed by atoms with E-state index in [-0.39, 0.29) is 31.7 Å². The first kappa shape index (κ1) is 26.3. The maximum atomic E-state index is 13.3. The first-order chi connectivity index (χ1) is 17.3. The molecule has 3 aromatic rings. The normalized spacial score (nSPS) is 12.4. The zero-order valence-electron chi connectivity index (χ0n) is 20.4. The topological polar surface area (TPSA) is 144 Å². The third kappa shape index (κ3) is 7.36. The number of benzene rings is 2. The zero-order chi connectivity index (χ0) is 26.1. The molecule has 0 aliphatic carbocycles. The van der Waals surface area contributed by atoms with Gasteiger partial charge in [0.05, 0.1) is 6.21 Å². The predicted octanol–water partition coefficient (Wildman–Crippen LogP) is 2.32. The van der Waals surface area contributed by atoms with Gasteiger partial charge in [0.1, 0.15) is 12.1 Å². The van der Waals surface area contributed by atoms with Crippen molar-refractivity contribution < 1.29 is 19.2 Å². The molecular formula is C27H31N5O4. The Bertz CT molecular complexity index is 1250. The molecule has 3 rings (SSSR count). The predicted molar refractivity (Wildman–Crippen MR) is 138 cm³/mol. The molecule has 0 saturated carbocycles. The van der Waals surface area contributed by atoms with E-state index in [4.69, 9.17) is 5.41 Å². The summed E-state index contributed by atoms with van der Waals surface area (Å²) in [7, 11) is 0. The molecule has 0 bridgehead atoms. The van der Waals surface area contributed by atoms with Crippen molar-refractivity contribution in [1.82, 2.24) is 20.9 Å². The van der Waals surface area contributed by atoms with E-state index in [1.165, 1.54) is 6.92 Å². The van der Waals surface area contributed by atoms with Crippen LogP contribution in [0.2, 0.25) is 0 Å². The smallest absolute Gasteiger partial charge is 0.243 e. The zero-order valence-corrected chi connectivity index (χ0v) is 20.4. The number of aryl methyl sites for hydroxylation is 1. The van der Waals surface area contributed by atoms with Crippen molar-refractivity contribution in [3.8, 4) is 0 Å². The summed E-state index contributed by atoms with van der Waals surface area (Å²) >= 11 is 0. The summed E-state index contributed by atoms with van der Waals surface area (Å²) in [5.41, 5.74) is 3.72. The van der Waals surface area contributed by atoms with Crippen molar-refractivity contribution >= 4 is 40.6 Å². The van der Waals surface area contributed by atoms with Gasteiger partial charge in [-0.3, -0.25) is 19.2 Å². The molecule has 3 amide bonds. The van der Waals surface area contributed by atoms with Crippen LogP contribution in [0.3, 0.4) is 0 Å². The van der Waals surface area contributed by atoms with Crippen molar-refractivity contribution in [2.45, 2.75) is 51.7 Å². The lowest BCUT2D eigenvalue weighted by Gasteiger charge is -2.23. The first-order valence-electron chi connectivity index (χ1n) is 11.8. The van der Waals surface area contributed by atoms with Gasteiger partial charge in [-0.15, -0.1) is 0 Å². The lowest BCUT2D eigenvalue weighted by atomic mass is 10.0. The Morgan fingerprint density at radius 2 is 1.75 bits per heavy atom. The second-order valence-electron chi connectivity index (χ2n) is 8.73. The molecule has 0 aliphatic rings. The number of rotatable bonds is 12. The number of amides is 3. The number of nitrogens with one attached hydrogen (secondary N) is 5. The molecule has 9 heteroatoms. The molecule has 0 unspecified atom stereocenters. The summed E-state index contributed by atoms with van der Waals surface area (Å²) in [4.78, 5) is 53.0. The van der Waals surface area contributed by atoms with Crippen molar-refractivity contribution in [2.75, 3.05) is 0 Å². The number of aromatic amines is 1. The van der Waals surface area contributed by atoms with Gasteiger partial charge in [0.15, 0.2) is 5.78 Å². The van der Waals surface area contributed by atoms with E-state index in [1.807, 2.05) is 55.5 Å². The third-order valence-electron chi connectivity index (χ3n) is 5.82. The summed E-state index contributed by atoms with van der Waals surface area (Å²) in [5, 5.41) is 16.2. The van der Waals surface area contributed by atoms with Gasteiger partial charge >= 0.3 is 0 Å². The molecule has 9 nitrogen and oxygen atoms in total. The van der Waals surface area contributed by atoms with Gasteiger partial charge in [0.2, 0.25) is 17.7 Å². The Labute approximate surface area is 209 Å². The maximum Gasteiger partial charge on any atom is 0.243 e. The summed E-state index contributed by atoms with van der Waals surface area (Å²) in [6.45, 7) is 3.56. The molecule has 2 atom stereocenters. The first-order valence-corrected chi connectivity index (χ1v) is 11.8. The fourth-order valence-corrected chi connectivity index (χ4v) is 3.94. The molecule has 5 N–H and O–H groups in total. The van der Waals surface area contributed by atoms with E-state index < -0.39 is 29.7 Å². The molecule has 1 aromatic heterocycles. The Morgan fingerprint density at radius 1 is 1.00 bits per heavy atom. The number of carbonyl (C=O) groups is 4. The number of fused-ring (bicyclic) bond motifs is 1. The molecule has 0 spiro atoms. The Morgan fingerprint density at radius 3 is 2.44 bits per heavy atom. The van der Waals surface area contributed by atoms with E-state index in [2.05, 4.69) is 20.9 Å². The van der Waals surface area contributed by atoms with Crippen LogP contribution in [-0.2, 0) is 32.1 Å². The van der Waals surface area contributed by atoms with E-state index in [0.717, 1.165) is 27.6 Å². The lowest BCUT2D eigenvalue weighted by molar-refractivity contribution is -0.132. The number of Topliss-reactive ketones (excluding diaryl/α,β-unsaturated/α-hetero) is 1. The minimum Gasteiger partial charge on any atom is -0.361 e. The van der Waals surface area contributed by atoms with Gasteiger partial charge in [0.25, 0.3) is 0 Å². The van der Waals surface area contributed by atoms with Gasteiger partial charge < -0.3 is 26.3 Å². The van der Waals surface area contributed by atoms with E-state index in [9.17, 15) is 19.2 Å². The van der Waals surface area contributed by atoms with Crippen molar-refractivity contribution in [1.29, 1.82) is 5.41 Å². The van der Waals surface area contributed by atoms with Crippen LogP contribution in [0.5, 0.6) is 0 Å². The van der Waals surface area contributed by atoms with Crippen LogP contribution >= 0.6 is 0 Å². The number of hydrogen-bond acceptors (Lipinski definition) is 5. The minimum atomic E-state index is -1.01. The van der Waals surface area contributed by atoms with Crippen LogP contribution in [0.1, 0.15) is 36.5 Å². The van der Waals surface area contributed by atoms with Crippen LogP contribution in [0.25, 0.3) is 10.9 Å². The highest BCUT2D eigenvalue weighted by Crippen LogP contribution is 2.21. The van der Waals surface area contributed by atoms with E-state index >= 15 is 0 Å². The molecular weight excluding hydrogens is 458 g/mol. The summed E-state index contributed by atoms with van der Waals surface area (Å²) in [5.74, 6) is -1.81. The van der Waals surface area contributed by atoms with Crippen molar-refractivity contribution in [3.05, 3.63) is 71.4 Å². The summed E-state index contributed by atoms with van der Waals surface area (Å²) < 4.78 is 0. The van der Waals surface area contributed by atoms with Crippen molar-refractivity contribution in [3.63, 3.8) is 0 Å². The second kappa shape index (κ2) is 12.4. The molecule has 188 valence electrons. The number of ketones is 1. The average molecular weight is 490 g/mol. The van der Waals surface area contributed by atoms with Gasteiger partial charge in [-0.25, -0.2) is 0 Å².